The van der Waals surface area contributed by atoms with Crippen LogP contribution in [0.25, 0.3) is 10.9 Å². The van der Waals surface area contributed by atoms with E-state index in [4.69, 9.17) is 5.73 Å². The molecule has 0 radical (unpaired) electrons. The molecule has 6 nitrogen and oxygen atoms in total. The minimum Gasteiger partial charge on any atom is -0.399 e. The Hall–Kier alpha value is -2.50. The van der Waals surface area contributed by atoms with Gasteiger partial charge in [0.05, 0.1) is 12.1 Å². The average molecular weight is 274 g/mol. The van der Waals surface area contributed by atoms with Gasteiger partial charge in [-0.1, -0.05) is 0 Å². The number of hydrogen-bond donors (Lipinski definition) is 3. The van der Waals surface area contributed by atoms with E-state index in [1.165, 1.54) is 4.90 Å². The smallest absolute Gasteiger partial charge is 0.256 e. The van der Waals surface area contributed by atoms with Crippen molar-refractivity contribution in [3.63, 3.8) is 0 Å². The molecule has 0 bridgehead atoms. The number of anilines is 1. The molecule has 0 atom stereocenters. The highest BCUT2D eigenvalue weighted by atomic mass is 16.2. The van der Waals surface area contributed by atoms with Crippen molar-refractivity contribution >= 4 is 28.4 Å². The normalized spacial score (nSPS) is 10.5. The van der Waals surface area contributed by atoms with E-state index >= 15 is 0 Å². The minimum absolute atomic E-state index is 0.0360. The molecule has 4 N–H and O–H groups in total. The first-order valence-corrected chi connectivity index (χ1v) is 6.41. The van der Waals surface area contributed by atoms with Crippen LogP contribution in [0, 0.1) is 0 Å². The number of nitrogens with two attached hydrogens (primary N) is 1. The molecule has 0 unspecified atom stereocenters. The first-order chi connectivity index (χ1) is 9.52. The molecule has 6 heteroatoms. The van der Waals surface area contributed by atoms with Gasteiger partial charge in [0.1, 0.15) is 0 Å². The Morgan fingerprint density at radius 2 is 2.15 bits per heavy atom. The fourth-order valence-electron chi connectivity index (χ4n) is 2.07. The van der Waals surface area contributed by atoms with Crippen molar-refractivity contribution in [1.82, 2.24) is 15.2 Å². The highest BCUT2D eigenvalue weighted by molar-refractivity contribution is 6.07. The van der Waals surface area contributed by atoms with Crippen molar-refractivity contribution in [3.05, 3.63) is 30.0 Å². The standard InChI is InChI=1S/C14H18N4O2/c1-3-16-13(19)8-18(2)14(20)11-7-17-12-6-9(15)4-5-10(11)12/h4-7,17H,3,8,15H2,1-2H3,(H,16,19). The number of nitrogen functional groups attached to an aromatic ring is 1. The summed E-state index contributed by atoms with van der Waals surface area (Å²) < 4.78 is 0. The monoisotopic (exact) mass is 274 g/mol. The van der Waals surface area contributed by atoms with Gasteiger partial charge in [-0.3, -0.25) is 9.59 Å². The molecular formula is C14H18N4O2. The molecule has 0 aliphatic carbocycles. The number of hydrogen-bond acceptors (Lipinski definition) is 3. The predicted octanol–water partition coefficient (Wildman–Crippen LogP) is 0.958. The van der Waals surface area contributed by atoms with Gasteiger partial charge in [-0.25, -0.2) is 0 Å². The molecule has 0 spiro atoms. The van der Waals surface area contributed by atoms with E-state index in [0.29, 0.717) is 17.8 Å². The van der Waals surface area contributed by atoms with E-state index in [9.17, 15) is 9.59 Å². The zero-order valence-corrected chi connectivity index (χ0v) is 11.6. The Balaban J connectivity index is 2.20. The highest BCUT2D eigenvalue weighted by Crippen LogP contribution is 2.21. The molecule has 2 aromatic rings. The van der Waals surface area contributed by atoms with Crippen molar-refractivity contribution < 1.29 is 9.59 Å². The second-order valence-corrected chi connectivity index (χ2v) is 4.62. The first kappa shape index (κ1) is 13.9. The van der Waals surface area contributed by atoms with Gasteiger partial charge in [-0.2, -0.15) is 0 Å². The molecule has 20 heavy (non-hydrogen) atoms. The van der Waals surface area contributed by atoms with E-state index < -0.39 is 0 Å². The van der Waals surface area contributed by atoms with Gasteiger partial charge in [-0.15, -0.1) is 0 Å². The Morgan fingerprint density at radius 1 is 1.40 bits per heavy atom. The van der Waals surface area contributed by atoms with Crippen LogP contribution >= 0.6 is 0 Å². The quantitative estimate of drug-likeness (QED) is 0.725. The highest BCUT2D eigenvalue weighted by Gasteiger charge is 2.18. The maximum absolute atomic E-state index is 12.3. The molecule has 1 aromatic heterocycles. The fourth-order valence-corrected chi connectivity index (χ4v) is 2.07. The zero-order valence-electron chi connectivity index (χ0n) is 11.6. The number of aromatic nitrogens is 1. The third-order valence-corrected chi connectivity index (χ3v) is 3.04. The number of benzene rings is 1. The van der Waals surface area contributed by atoms with Crippen molar-refractivity contribution in [1.29, 1.82) is 0 Å². The summed E-state index contributed by atoms with van der Waals surface area (Å²) in [5.74, 6) is -0.375. The Morgan fingerprint density at radius 3 is 2.85 bits per heavy atom. The minimum atomic E-state index is -0.202. The third kappa shape index (κ3) is 2.74. The molecule has 2 amide bonds. The number of carbonyl (C=O) groups excluding carboxylic acids is 2. The van der Waals surface area contributed by atoms with Crippen LogP contribution in [0.2, 0.25) is 0 Å². The Labute approximate surface area is 116 Å². The number of nitrogens with zero attached hydrogens (tertiary/aromatic N) is 1. The number of nitrogens with one attached hydrogen (secondary N) is 2. The summed E-state index contributed by atoms with van der Waals surface area (Å²) >= 11 is 0. The topological polar surface area (TPSA) is 91.2 Å². The lowest BCUT2D eigenvalue weighted by Crippen LogP contribution is -2.38. The fraction of sp³-hybridized carbons (Fsp3) is 0.286. The van der Waals surface area contributed by atoms with E-state index in [1.807, 2.05) is 6.92 Å². The zero-order chi connectivity index (χ0) is 14.7. The second-order valence-electron chi connectivity index (χ2n) is 4.62. The molecule has 0 fully saturated rings. The van der Waals surface area contributed by atoms with E-state index in [1.54, 1.807) is 31.4 Å². The molecule has 106 valence electrons. The lowest BCUT2D eigenvalue weighted by atomic mass is 10.1. The molecule has 0 saturated carbocycles. The van der Waals surface area contributed by atoms with Gasteiger partial charge in [0.2, 0.25) is 5.91 Å². The first-order valence-electron chi connectivity index (χ1n) is 6.41. The predicted molar refractivity (Wildman–Crippen MR) is 78.4 cm³/mol. The van der Waals surface area contributed by atoms with Gasteiger partial charge < -0.3 is 20.9 Å². The average Bonchev–Trinajstić information content (AvgIpc) is 2.80. The number of carbonyl (C=O) groups is 2. The maximum Gasteiger partial charge on any atom is 0.256 e. The van der Waals surface area contributed by atoms with Crippen LogP contribution in [0.15, 0.2) is 24.4 Å². The van der Waals surface area contributed by atoms with Gasteiger partial charge in [-0.05, 0) is 25.1 Å². The van der Waals surface area contributed by atoms with E-state index in [0.717, 1.165) is 10.9 Å². The maximum atomic E-state index is 12.3. The molecule has 0 aliphatic rings. The number of amides is 2. The van der Waals surface area contributed by atoms with Crippen LogP contribution in [0.4, 0.5) is 5.69 Å². The molecule has 0 saturated heterocycles. The summed E-state index contributed by atoms with van der Waals surface area (Å²) in [7, 11) is 1.60. The van der Waals surface area contributed by atoms with E-state index in [-0.39, 0.29) is 18.4 Å². The SMILES string of the molecule is CCNC(=O)CN(C)C(=O)c1c[nH]c2cc(N)ccc12. The molecule has 1 heterocycles. The molecule has 0 aliphatic heterocycles. The van der Waals surface area contributed by atoms with Crippen molar-refractivity contribution in [3.8, 4) is 0 Å². The van der Waals surface area contributed by atoms with Gasteiger partial charge in [0.25, 0.3) is 5.91 Å². The van der Waals surface area contributed by atoms with Gasteiger partial charge in [0.15, 0.2) is 0 Å². The van der Waals surface area contributed by atoms with Crippen molar-refractivity contribution in [2.24, 2.45) is 0 Å². The number of H-pyrrole nitrogens is 1. The van der Waals surface area contributed by atoms with Crippen LogP contribution in [0.1, 0.15) is 17.3 Å². The van der Waals surface area contributed by atoms with E-state index in [2.05, 4.69) is 10.3 Å². The largest absolute Gasteiger partial charge is 0.399 e. The third-order valence-electron chi connectivity index (χ3n) is 3.04. The number of aromatic amines is 1. The van der Waals surface area contributed by atoms with Crippen LogP contribution in [-0.4, -0.2) is 41.8 Å². The Kier molecular flexibility index (Phi) is 3.93. The van der Waals surface area contributed by atoms with Crippen LogP contribution in [-0.2, 0) is 4.79 Å². The van der Waals surface area contributed by atoms with Gasteiger partial charge >= 0.3 is 0 Å². The summed E-state index contributed by atoms with van der Waals surface area (Å²) in [5, 5.41) is 3.46. The molecule has 1 aromatic carbocycles. The Bertz CT molecular complexity index is 648. The van der Waals surface area contributed by atoms with Crippen molar-refractivity contribution in [2.45, 2.75) is 6.92 Å². The summed E-state index contributed by atoms with van der Waals surface area (Å²) in [5.41, 5.74) is 7.67. The van der Waals surface area contributed by atoms with Crippen LogP contribution in [0.5, 0.6) is 0 Å². The molecular weight excluding hydrogens is 256 g/mol. The van der Waals surface area contributed by atoms with Crippen LogP contribution < -0.4 is 11.1 Å². The van der Waals surface area contributed by atoms with Gasteiger partial charge in [0, 0.05) is 36.4 Å². The number of rotatable bonds is 4. The second kappa shape index (κ2) is 5.64. The number of fused-ring (bicyclic) bond motifs is 1. The lowest BCUT2D eigenvalue weighted by molar-refractivity contribution is -0.121. The number of likely N-dealkylation sites (N-methyl/N-ethyl adjacent to an activating group) is 2. The van der Waals surface area contributed by atoms with Crippen molar-refractivity contribution in [2.75, 3.05) is 25.9 Å². The summed E-state index contributed by atoms with van der Waals surface area (Å²) in [4.78, 5) is 28.3. The summed E-state index contributed by atoms with van der Waals surface area (Å²) in [6.45, 7) is 2.42. The lowest BCUT2D eigenvalue weighted by Gasteiger charge is -2.16. The van der Waals surface area contributed by atoms with Crippen LogP contribution in [0.3, 0.4) is 0 Å². The summed E-state index contributed by atoms with van der Waals surface area (Å²) in [6.07, 6.45) is 1.64. The summed E-state index contributed by atoms with van der Waals surface area (Å²) in [6, 6.07) is 5.32. The molecule has 2 rings (SSSR count).